The number of fused-ring (bicyclic) bond motifs is 1. The van der Waals surface area contributed by atoms with Crippen LogP contribution in [0, 0.1) is 5.41 Å². The smallest absolute Gasteiger partial charge is 0.410 e. The van der Waals surface area contributed by atoms with Crippen LogP contribution in [0.1, 0.15) is 52.9 Å². The van der Waals surface area contributed by atoms with Crippen LogP contribution >= 0.6 is 11.8 Å². The highest BCUT2D eigenvalue weighted by Crippen LogP contribution is 2.51. The van der Waals surface area contributed by atoms with E-state index in [1.165, 1.54) is 11.8 Å². The molecule has 32 heavy (non-hydrogen) atoms. The summed E-state index contributed by atoms with van der Waals surface area (Å²) in [5.41, 5.74) is -1.70. The molecule has 1 aliphatic carbocycles. The van der Waals surface area contributed by atoms with E-state index in [1.54, 1.807) is 27.9 Å². The van der Waals surface area contributed by atoms with Crippen molar-refractivity contribution < 1.29 is 14.6 Å². The number of ether oxygens (including phenoxy) is 1. The quantitative estimate of drug-likeness (QED) is 0.553. The molecule has 2 fully saturated rings. The highest BCUT2D eigenvalue weighted by atomic mass is 32.2. The molecule has 2 aromatic heterocycles. The van der Waals surface area contributed by atoms with Gasteiger partial charge in [0.05, 0.1) is 23.0 Å². The summed E-state index contributed by atoms with van der Waals surface area (Å²) in [6, 6.07) is 1.80. The molecule has 1 aliphatic heterocycles. The average molecular weight is 461 g/mol. The minimum absolute atomic E-state index is 0.189. The Bertz CT molecular complexity index is 1070. The lowest BCUT2D eigenvalue weighted by molar-refractivity contribution is -0.140. The van der Waals surface area contributed by atoms with Crippen molar-refractivity contribution in [3.63, 3.8) is 0 Å². The normalized spacial score (nSPS) is 23.1. The number of carbonyl (C=O) groups excluding carboxylic acids is 1. The van der Waals surface area contributed by atoms with E-state index in [-0.39, 0.29) is 18.2 Å². The lowest BCUT2D eigenvalue weighted by atomic mass is 9.66. The summed E-state index contributed by atoms with van der Waals surface area (Å²) in [4.78, 5) is 36.3. The number of rotatable bonds is 3. The SMILES string of the molecule is CSc1ncc2c(=O)n(CC3(O)CCN(C(=O)OC(C)(C)C)CC34CCCC4)ccc2n1. The number of aromatic nitrogens is 3. The highest BCUT2D eigenvalue weighted by Gasteiger charge is 2.56. The Hall–Kier alpha value is -2.13. The van der Waals surface area contributed by atoms with Crippen LogP contribution in [-0.4, -0.2) is 61.2 Å². The molecule has 1 spiro atoms. The number of hydrogen-bond acceptors (Lipinski definition) is 7. The fourth-order valence-electron chi connectivity index (χ4n) is 5.14. The van der Waals surface area contributed by atoms with Crippen molar-refractivity contribution in [1.29, 1.82) is 0 Å². The van der Waals surface area contributed by atoms with Crippen LogP contribution in [0.4, 0.5) is 4.79 Å². The lowest BCUT2D eigenvalue weighted by Crippen LogP contribution is -2.62. The second-order valence-corrected chi connectivity index (χ2v) is 10.8. The molecule has 0 radical (unpaired) electrons. The first-order valence-corrected chi connectivity index (χ1v) is 12.4. The van der Waals surface area contributed by atoms with E-state index in [0.29, 0.717) is 35.6 Å². The van der Waals surface area contributed by atoms with Gasteiger partial charge in [-0.2, -0.15) is 0 Å². The van der Waals surface area contributed by atoms with E-state index in [1.807, 2.05) is 27.0 Å². The second kappa shape index (κ2) is 8.33. The third-order valence-electron chi connectivity index (χ3n) is 6.80. The average Bonchev–Trinajstić information content (AvgIpc) is 3.21. The Morgan fingerprint density at radius 1 is 1.28 bits per heavy atom. The summed E-state index contributed by atoms with van der Waals surface area (Å²) >= 11 is 1.43. The van der Waals surface area contributed by atoms with Gasteiger partial charge in [-0.3, -0.25) is 4.79 Å². The molecular formula is C23H32N4O4S. The van der Waals surface area contributed by atoms with Gasteiger partial charge in [-0.1, -0.05) is 24.6 Å². The van der Waals surface area contributed by atoms with Crippen LogP contribution in [0.2, 0.25) is 0 Å². The van der Waals surface area contributed by atoms with Crippen molar-refractivity contribution in [2.24, 2.45) is 5.41 Å². The zero-order valence-corrected chi connectivity index (χ0v) is 20.1. The van der Waals surface area contributed by atoms with Crippen LogP contribution in [0.5, 0.6) is 0 Å². The molecule has 1 saturated heterocycles. The summed E-state index contributed by atoms with van der Waals surface area (Å²) < 4.78 is 7.16. The van der Waals surface area contributed by atoms with Crippen LogP contribution in [0.25, 0.3) is 10.9 Å². The van der Waals surface area contributed by atoms with Gasteiger partial charge in [-0.15, -0.1) is 0 Å². The van der Waals surface area contributed by atoms with Crippen LogP contribution in [0.15, 0.2) is 28.4 Å². The van der Waals surface area contributed by atoms with E-state index in [9.17, 15) is 14.7 Å². The Morgan fingerprint density at radius 3 is 2.66 bits per heavy atom. The first-order chi connectivity index (χ1) is 15.1. The van der Waals surface area contributed by atoms with Gasteiger partial charge in [0.25, 0.3) is 5.56 Å². The van der Waals surface area contributed by atoms with Crippen molar-refractivity contribution in [1.82, 2.24) is 19.4 Å². The molecule has 2 aromatic rings. The van der Waals surface area contributed by atoms with Crippen molar-refractivity contribution in [3.05, 3.63) is 28.8 Å². The molecule has 1 saturated carbocycles. The molecule has 9 heteroatoms. The van der Waals surface area contributed by atoms with Gasteiger partial charge in [0, 0.05) is 30.9 Å². The Kier molecular flexibility index (Phi) is 6.00. The molecule has 0 bridgehead atoms. The molecular weight excluding hydrogens is 428 g/mol. The summed E-state index contributed by atoms with van der Waals surface area (Å²) in [6.07, 6.45) is 8.88. The third kappa shape index (κ3) is 4.24. The summed E-state index contributed by atoms with van der Waals surface area (Å²) in [7, 11) is 0. The molecule has 2 aliphatic rings. The maximum Gasteiger partial charge on any atom is 0.410 e. The van der Waals surface area contributed by atoms with E-state index in [4.69, 9.17) is 4.74 Å². The molecule has 3 heterocycles. The first-order valence-electron chi connectivity index (χ1n) is 11.2. The number of likely N-dealkylation sites (tertiary alicyclic amines) is 1. The van der Waals surface area contributed by atoms with E-state index in [2.05, 4.69) is 9.97 Å². The molecule has 174 valence electrons. The maximum atomic E-state index is 13.2. The minimum atomic E-state index is -1.08. The molecule has 1 N–H and O–H groups in total. The number of hydrogen-bond donors (Lipinski definition) is 1. The van der Waals surface area contributed by atoms with Crippen molar-refractivity contribution in [2.75, 3.05) is 19.3 Å². The standard InChI is InChI=1S/C23H32N4O4S/c1-21(2,3)31-20(29)27-12-10-23(30,22(14-27)8-5-6-9-22)15-26-11-7-17-16(18(26)28)13-24-19(25-17)32-4/h7,11,13,30H,5-6,8-10,12,14-15H2,1-4H3. The topological polar surface area (TPSA) is 97.6 Å². The Labute approximate surface area is 192 Å². The van der Waals surface area contributed by atoms with Gasteiger partial charge in [0.15, 0.2) is 5.16 Å². The predicted molar refractivity (Wildman–Crippen MR) is 124 cm³/mol. The zero-order valence-electron chi connectivity index (χ0n) is 19.3. The van der Waals surface area contributed by atoms with Crippen LogP contribution in [-0.2, 0) is 11.3 Å². The second-order valence-electron chi connectivity index (χ2n) is 10.1. The number of nitrogens with zero attached hydrogens (tertiary/aromatic N) is 4. The largest absolute Gasteiger partial charge is 0.444 e. The molecule has 1 amide bonds. The molecule has 1 unspecified atom stereocenters. The fraction of sp³-hybridized carbons (Fsp3) is 0.652. The molecule has 0 aromatic carbocycles. The summed E-state index contributed by atoms with van der Waals surface area (Å²) in [5.74, 6) is 0. The van der Waals surface area contributed by atoms with Crippen LogP contribution < -0.4 is 5.56 Å². The van der Waals surface area contributed by atoms with Gasteiger partial charge >= 0.3 is 6.09 Å². The number of amides is 1. The zero-order chi connectivity index (χ0) is 23.1. The maximum absolute atomic E-state index is 13.2. The number of carbonyl (C=O) groups is 1. The van der Waals surface area contributed by atoms with Crippen molar-refractivity contribution >= 4 is 28.8 Å². The molecule has 8 nitrogen and oxygen atoms in total. The predicted octanol–water partition coefficient (Wildman–Crippen LogP) is 3.45. The summed E-state index contributed by atoms with van der Waals surface area (Å²) in [5, 5.41) is 13.0. The van der Waals surface area contributed by atoms with Gasteiger partial charge in [-0.25, -0.2) is 14.8 Å². The number of piperidine rings is 1. The highest BCUT2D eigenvalue weighted by molar-refractivity contribution is 7.98. The molecule has 4 rings (SSSR count). The van der Waals surface area contributed by atoms with Crippen LogP contribution in [0.3, 0.4) is 0 Å². The van der Waals surface area contributed by atoms with Gasteiger partial charge < -0.3 is 19.3 Å². The Morgan fingerprint density at radius 2 is 2.00 bits per heavy atom. The summed E-state index contributed by atoms with van der Waals surface area (Å²) in [6.45, 7) is 6.60. The van der Waals surface area contributed by atoms with E-state index >= 15 is 0 Å². The monoisotopic (exact) mass is 460 g/mol. The van der Waals surface area contributed by atoms with Crippen molar-refractivity contribution in [3.8, 4) is 0 Å². The minimum Gasteiger partial charge on any atom is -0.444 e. The first kappa shape index (κ1) is 23.0. The third-order valence-corrected chi connectivity index (χ3v) is 7.36. The van der Waals surface area contributed by atoms with Gasteiger partial charge in [0.1, 0.15) is 5.60 Å². The lowest BCUT2D eigenvalue weighted by Gasteiger charge is -2.52. The number of thioether (sulfide) groups is 1. The van der Waals surface area contributed by atoms with E-state index in [0.717, 1.165) is 25.7 Å². The Balaban J connectivity index is 1.62. The van der Waals surface area contributed by atoms with E-state index < -0.39 is 16.6 Å². The van der Waals surface area contributed by atoms with Gasteiger partial charge in [-0.05, 0) is 52.4 Å². The number of pyridine rings is 1. The number of aliphatic hydroxyl groups is 1. The molecule has 1 atom stereocenters. The van der Waals surface area contributed by atoms with Crippen molar-refractivity contribution in [2.45, 2.75) is 75.8 Å². The fourth-order valence-corrected chi connectivity index (χ4v) is 5.49. The van der Waals surface area contributed by atoms with Gasteiger partial charge in [0.2, 0.25) is 0 Å².